The van der Waals surface area contributed by atoms with Gasteiger partial charge >= 0.3 is 0 Å². The van der Waals surface area contributed by atoms with E-state index in [4.69, 9.17) is 0 Å². The van der Waals surface area contributed by atoms with Crippen molar-refractivity contribution in [2.45, 2.75) is 47.5 Å². The van der Waals surface area contributed by atoms with Crippen LogP contribution in [0.2, 0.25) is 0 Å². The Morgan fingerprint density at radius 1 is 0.929 bits per heavy atom. The van der Waals surface area contributed by atoms with Crippen molar-refractivity contribution in [3.05, 3.63) is 0 Å². The first-order valence-corrected chi connectivity index (χ1v) is 6.57. The lowest BCUT2D eigenvalue weighted by Gasteiger charge is -2.24. The highest BCUT2D eigenvalue weighted by Crippen LogP contribution is 2.58. The SMILES string of the molecule is CCC1C(C)C(C)C2C(C)C(C)CC12. The summed E-state index contributed by atoms with van der Waals surface area (Å²) in [5.41, 5.74) is 0. The van der Waals surface area contributed by atoms with Gasteiger partial charge in [0.15, 0.2) is 0 Å². The van der Waals surface area contributed by atoms with Crippen molar-refractivity contribution in [3.8, 4) is 0 Å². The third-order valence-electron chi connectivity index (χ3n) is 5.78. The molecule has 82 valence electrons. The monoisotopic (exact) mass is 194 g/mol. The Labute approximate surface area is 89.5 Å². The molecule has 14 heavy (non-hydrogen) atoms. The molecule has 0 spiro atoms. The summed E-state index contributed by atoms with van der Waals surface area (Å²) >= 11 is 0. The Kier molecular flexibility index (Phi) is 2.66. The zero-order chi connectivity index (χ0) is 10.5. The molecule has 0 heterocycles. The fraction of sp³-hybridized carbons (Fsp3) is 1.00. The topological polar surface area (TPSA) is 0 Å². The molecule has 0 saturated heterocycles. The van der Waals surface area contributed by atoms with Crippen LogP contribution in [0.5, 0.6) is 0 Å². The normalized spacial score (nSPS) is 57.6. The summed E-state index contributed by atoms with van der Waals surface area (Å²) in [6, 6.07) is 0. The van der Waals surface area contributed by atoms with E-state index in [1.54, 1.807) is 0 Å². The third kappa shape index (κ3) is 1.26. The van der Waals surface area contributed by atoms with Crippen LogP contribution in [0.4, 0.5) is 0 Å². The fourth-order valence-corrected chi connectivity index (χ4v) is 4.70. The van der Waals surface area contributed by atoms with Gasteiger partial charge in [0.1, 0.15) is 0 Å². The zero-order valence-corrected chi connectivity index (χ0v) is 10.5. The van der Waals surface area contributed by atoms with E-state index in [0.717, 1.165) is 41.4 Å². The Bertz CT molecular complexity index is 208. The van der Waals surface area contributed by atoms with E-state index >= 15 is 0 Å². The fourth-order valence-electron chi connectivity index (χ4n) is 4.70. The summed E-state index contributed by atoms with van der Waals surface area (Å²) in [7, 11) is 0. The summed E-state index contributed by atoms with van der Waals surface area (Å²) in [5.74, 6) is 7.06. The minimum atomic E-state index is 0.977. The van der Waals surface area contributed by atoms with Crippen LogP contribution in [0, 0.1) is 41.4 Å². The van der Waals surface area contributed by atoms with Crippen molar-refractivity contribution in [2.24, 2.45) is 41.4 Å². The summed E-state index contributed by atoms with van der Waals surface area (Å²) < 4.78 is 0. The smallest absolute Gasteiger partial charge is 0.0326 e. The van der Waals surface area contributed by atoms with Crippen molar-refractivity contribution in [1.29, 1.82) is 0 Å². The molecule has 0 aromatic rings. The van der Waals surface area contributed by atoms with Gasteiger partial charge < -0.3 is 0 Å². The molecule has 0 bridgehead atoms. The van der Waals surface area contributed by atoms with E-state index in [-0.39, 0.29) is 0 Å². The summed E-state index contributed by atoms with van der Waals surface area (Å²) in [4.78, 5) is 0. The standard InChI is InChI=1S/C14H26/c1-6-12-10(4)11(5)14-9(3)8(2)7-13(12)14/h8-14H,6-7H2,1-5H3. The van der Waals surface area contributed by atoms with Crippen molar-refractivity contribution in [1.82, 2.24) is 0 Å². The molecule has 2 saturated carbocycles. The molecule has 0 heteroatoms. The molecule has 7 unspecified atom stereocenters. The maximum atomic E-state index is 2.51. The maximum Gasteiger partial charge on any atom is -0.0326 e. The van der Waals surface area contributed by atoms with E-state index in [1.807, 2.05) is 0 Å². The van der Waals surface area contributed by atoms with Crippen molar-refractivity contribution < 1.29 is 0 Å². The lowest BCUT2D eigenvalue weighted by molar-refractivity contribution is 0.247. The molecule has 7 atom stereocenters. The molecule has 2 aliphatic carbocycles. The number of hydrogen-bond donors (Lipinski definition) is 0. The summed E-state index contributed by atoms with van der Waals surface area (Å²) in [6.07, 6.45) is 2.92. The van der Waals surface area contributed by atoms with Gasteiger partial charge in [-0.3, -0.25) is 0 Å². The van der Waals surface area contributed by atoms with Crippen LogP contribution in [-0.2, 0) is 0 Å². The quantitative estimate of drug-likeness (QED) is 0.586. The second-order valence-electron chi connectivity index (χ2n) is 6.10. The van der Waals surface area contributed by atoms with Gasteiger partial charge in [0.05, 0.1) is 0 Å². The van der Waals surface area contributed by atoms with Gasteiger partial charge in [-0.05, 0) is 47.8 Å². The van der Waals surface area contributed by atoms with E-state index in [9.17, 15) is 0 Å². The van der Waals surface area contributed by atoms with Crippen LogP contribution in [0.1, 0.15) is 47.5 Å². The maximum absolute atomic E-state index is 2.51. The minimum Gasteiger partial charge on any atom is -0.0651 e. The zero-order valence-electron chi connectivity index (χ0n) is 10.5. The summed E-state index contributed by atoms with van der Waals surface area (Å²) in [5, 5.41) is 0. The second-order valence-corrected chi connectivity index (χ2v) is 6.10. The van der Waals surface area contributed by atoms with E-state index in [0.29, 0.717) is 0 Å². The van der Waals surface area contributed by atoms with Crippen LogP contribution in [-0.4, -0.2) is 0 Å². The van der Waals surface area contributed by atoms with Crippen molar-refractivity contribution in [3.63, 3.8) is 0 Å². The largest absolute Gasteiger partial charge is 0.0651 e. The highest BCUT2D eigenvalue weighted by atomic mass is 14.6. The first-order chi connectivity index (χ1) is 6.57. The third-order valence-corrected chi connectivity index (χ3v) is 5.78. The minimum absolute atomic E-state index is 0.977. The van der Waals surface area contributed by atoms with Gasteiger partial charge in [-0.25, -0.2) is 0 Å². The first-order valence-electron chi connectivity index (χ1n) is 6.57. The average molecular weight is 194 g/mol. The molecule has 0 aliphatic heterocycles. The van der Waals surface area contributed by atoms with Gasteiger partial charge in [-0.15, -0.1) is 0 Å². The Balaban J connectivity index is 2.21. The van der Waals surface area contributed by atoms with Gasteiger partial charge in [0.2, 0.25) is 0 Å². The van der Waals surface area contributed by atoms with Crippen LogP contribution >= 0.6 is 0 Å². The highest BCUT2D eigenvalue weighted by molar-refractivity contribution is 5.00. The molecule has 2 aliphatic rings. The lowest BCUT2D eigenvalue weighted by Crippen LogP contribution is -2.18. The van der Waals surface area contributed by atoms with Gasteiger partial charge in [0.25, 0.3) is 0 Å². The highest BCUT2D eigenvalue weighted by Gasteiger charge is 2.52. The molecular formula is C14H26. The van der Waals surface area contributed by atoms with E-state index in [1.165, 1.54) is 12.8 Å². The van der Waals surface area contributed by atoms with Crippen LogP contribution in [0.25, 0.3) is 0 Å². The van der Waals surface area contributed by atoms with E-state index < -0.39 is 0 Å². The predicted octanol–water partition coefficient (Wildman–Crippen LogP) is 4.21. The van der Waals surface area contributed by atoms with Gasteiger partial charge in [-0.2, -0.15) is 0 Å². The molecule has 0 nitrogen and oxygen atoms in total. The number of fused-ring (bicyclic) bond motifs is 1. The first kappa shape index (κ1) is 10.5. The second kappa shape index (κ2) is 3.54. The van der Waals surface area contributed by atoms with E-state index in [2.05, 4.69) is 34.6 Å². The number of hydrogen-bond acceptors (Lipinski definition) is 0. The van der Waals surface area contributed by atoms with Crippen LogP contribution in [0.3, 0.4) is 0 Å². The molecule has 0 aromatic heterocycles. The molecular weight excluding hydrogens is 168 g/mol. The van der Waals surface area contributed by atoms with Crippen LogP contribution in [0.15, 0.2) is 0 Å². The average Bonchev–Trinajstić information content (AvgIpc) is 2.54. The molecule has 0 N–H and O–H groups in total. The van der Waals surface area contributed by atoms with Crippen molar-refractivity contribution >= 4 is 0 Å². The van der Waals surface area contributed by atoms with Gasteiger partial charge in [-0.1, -0.05) is 41.0 Å². The Morgan fingerprint density at radius 2 is 1.57 bits per heavy atom. The molecule has 0 aromatic carbocycles. The Hall–Kier alpha value is 0. The molecule has 2 fully saturated rings. The van der Waals surface area contributed by atoms with Gasteiger partial charge in [0, 0.05) is 0 Å². The Morgan fingerprint density at radius 3 is 2.14 bits per heavy atom. The number of rotatable bonds is 1. The molecule has 2 rings (SSSR count). The lowest BCUT2D eigenvalue weighted by atomic mass is 9.81. The predicted molar refractivity (Wildman–Crippen MR) is 62.0 cm³/mol. The molecule has 0 radical (unpaired) electrons. The van der Waals surface area contributed by atoms with Crippen molar-refractivity contribution in [2.75, 3.05) is 0 Å². The molecule has 0 amide bonds. The van der Waals surface area contributed by atoms with Crippen LogP contribution < -0.4 is 0 Å². The summed E-state index contributed by atoms with van der Waals surface area (Å²) in [6.45, 7) is 12.4.